The van der Waals surface area contributed by atoms with E-state index in [0.717, 1.165) is 6.42 Å². The molecule has 0 aliphatic rings. The van der Waals surface area contributed by atoms with Crippen molar-refractivity contribution < 1.29 is 4.79 Å². The number of amides is 1. The van der Waals surface area contributed by atoms with Crippen LogP contribution in [0.15, 0.2) is 22.7 Å². The van der Waals surface area contributed by atoms with Crippen LogP contribution in [0.1, 0.15) is 4.88 Å². The zero-order valence-electron chi connectivity index (χ0n) is 9.55. The van der Waals surface area contributed by atoms with Crippen LogP contribution in [0.25, 0.3) is 0 Å². The number of aromatic amines is 1. The third kappa shape index (κ3) is 4.04. The van der Waals surface area contributed by atoms with Crippen molar-refractivity contribution in [3.05, 3.63) is 22.4 Å². The molecule has 0 aliphatic carbocycles. The Balaban J connectivity index is 1.63. The van der Waals surface area contributed by atoms with Gasteiger partial charge in [0.2, 0.25) is 17.0 Å². The maximum absolute atomic E-state index is 11.5. The van der Waals surface area contributed by atoms with Crippen LogP contribution in [0.3, 0.4) is 0 Å². The zero-order valence-corrected chi connectivity index (χ0v) is 11.2. The number of nitrogens with two attached hydrogens (primary N) is 1. The number of H-pyrrole nitrogens is 1. The lowest BCUT2D eigenvalue weighted by atomic mass is 10.3. The van der Waals surface area contributed by atoms with Crippen LogP contribution in [-0.4, -0.2) is 33.4 Å². The molecule has 2 aromatic heterocycles. The minimum atomic E-state index is -0.0278. The average Bonchev–Trinajstić information content (AvgIpc) is 2.98. The number of carbonyl (C=O) groups is 1. The monoisotopic (exact) mass is 283 g/mol. The summed E-state index contributed by atoms with van der Waals surface area (Å²) in [5, 5.41) is 11.7. The number of anilines is 1. The minimum Gasteiger partial charge on any atom is -0.368 e. The molecule has 0 atom stereocenters. The second kappa shape index (κ2) is 6.41. The molecule has 0 bridgehead atoms. The number of carbonyl (C=O) groups excluding carboxylic acids is 1. The lowest BCUT2D eigenvalue weighted by Gasteiger charge is -2.02. The van der Waals surface area contributed by atoms with E-state index in [2.05, 4.69) is 26.6 Å². The fraction of sp³-hybridized carbons (Fsp3) is 0.300. The number of hydrogen-bond donors (Lipinski definition) is 3. The molecule has 18 heavy (non-hydrogen) atoms. The number of rotatable bonds is 6. The Morgan fingerprint density at radius 3 is 3.17 bits per heavy atom. The van der Waals surface area contributed by atoms with Gasteiger partial charge in [-0.2, -0.15) is 4.98 Å². The number of thiophene rings is 1. The van der Waals surface area contributed by atoms with Gasteiger partial charge in [-0.15, -0.1) is 16.4 Å². The third-order valence-corrected chi connectivity index (χ3v) is 3.87. The summed E-state index contributed by atoms with van der Waals surface area (Å²) in [4.78, 5) is 16.7. The van der Waals surface area contributed by atoms with E-state index in [0.29, 0.717) is 17.5 Å². The van der Waals surface area contributed by atoms with E-state index in [1.807, 2.05) is 11.4 Å². The van der Waals surface area contributed by atoms with Gasteiger partial charge in [-0.25, -0.2) is 5.10 Å². The zero-order chi connectivity index (χ0) is 12.8. The summed E-state index contributed by atoms with van der Waals surface area (Å²) in [5.74, 6) is 0.525. The standard InChI is InChI=1S/C10H13N5OS2/c11-9-13-10(15-14-9)18-6-8(16)12-4-3-7-2-1-5-17-7/h1-2,5H,3-4,6H2,(H,12,16)(H3,11,13,14,15). The van der Waals surface area contributed by atoms with E-state index in [-0.39, 0.29) is 11.9 Å². The van der Waals surface area contributed by atoms with E-state index in [4.69, 9.17) is 5.73 Å². The molecule has 2 heterocycles. The quantitative estimate of drug-likeness (QED) is 0.684. The summed E-state index contributed by atoms with van der Waals surface area (Å²) < 4.78 is 0. The lowest BCUT2D eigenvalue weighted by molar-refractivity contribution is -0.118. The van der Waals surface area contributed by atoms with Gasteiger partial charge >= 0.3 is 0 Å². The molecule has 0 fully saturated rings. The fourth-order valence-electron chi connectivity index (χ4n) is 1.28. The van der Waals surface area contributed by atoms with E-state index in [1.54, 1.807) is 11.3 Å². The molecule has 0 radical (unpaired) electrons. The van der Waals surface area contributed by atoms with Crippen molar-refractivity contribution in [1.82, 2.24) is 20.5 Å². The minimum absolute atomic E-state index is 0.0278. The maximum atomic E-state index is 11.5. The van der Waals surface area contributed by atoms with Gasteiger partial charge in [0.25, 0.3) is 0 Å². The highest BCUT2D eigenvalue weighted by molar-refractivity contribution is 7.99. The van der Waals surface area contributed by atoms with Crippen LogP contribution in [-0.2, 0) is 11.2 Å². The molecule has 0 aliphatic heterocycles. The highest BCUT2D eigenvalue weighted by atomic mass is 32.2. The SMILES string of the molecule is Nc1nc(SCC(=O)NCCc2cccs2)n[nH]1. The van der Waals surface area contributed by atoms with E-state index in [1.165, 1.54) is 16.6 Å². The average molecular weight is 283 g/mol. The second-order valence-electron chi connectivity index (χ2n) is 3.47. The molecule has 1 amide bonds. The predicted octanol–water partition coefficient (Wildman–Crippen LogP) is 0.899. The first-order valence-electron chi connectivity index (χ1n) is 5.34. The molecule has 96 valence electrons. The van der Waals surface area contributed by atoms with Gasteiger partial charge in [0, 0.05) is 11.4 Å². The normalized spacial score (nSPS) is 10.4. The lowest BCUT2D eigenvalue weighted by Crippen LogP contribution is -2.27. The number of thioether (sulfide) groups is 1. The van der Waals surface area contributed by atoms with Crippen molar-refractivity contribution in [1.29, 1.82) is 0 Å². The van der Waals surface area contributed by atoms with Crippen LogP contribution >= 0.6 is 23.1 Å². The van der Waals surface area contributed by atoms with Crippen LogP contribution < -0.4 is 11.1 Å². The van der Waals surface area contributed by atoms with Gasteiger partial charge in [0.05, 0.1) is 5.75 Å². The predicted molar refractivity (Wildman–Crippen MR) is 72.6 cm³/mol. The first-order chi connectivity index (χ1) is 8.74. The summed E-state index contributed by atoms with van der Waals surface area (Å²) in [6, 6.07) is 4.06. The summed E-state index contributed by atoms with van der Waals surface area (Å²) in [5.41, 5.74) is 5.38. The molecule has 2 rings (SSSR count). The second-order valence-corrected chi connectivity index (χ2v) is 5.45. The van der Waals surface area contributed by atoms with Crippen molar-refractivity contribution in [2.24, 2.45) is 0 Å². The summed E-state index contributed by atoms with van der Waals surface area (Å²) in [6.45, 7) is 0.649. The highest BCUT2D eigenvalue weighted by Gasteiger charge is 2.06. The van der Waals surface area contributed by atoms with Gasteiger partial charge in [0.15, 0.2) is 0 Å². The smallest absolute Gasteiger partial charge is 0.230 e. The highest BCUT2D eigenvalue weighted by Crippen LogP contribution is 2.12. The van der Waals surface area contributed by atoms with Crippen LogP contribution in [0, 0.1) is 0 Å². The number of nitrogens with one attached hydrogen (secondary N) is 2. The maximum Gasteiger partial charge on any atom is 0.230 e. The number of aromatic nitrogens is 3. The Morgan fingerprint density at radius 1 is 1.61 bits per heavy atom. The third-order valence-electron chi connectivity index (χ3n) is 2.09. The number of nitrogens with zero attached hydrogens (tertiary/aromatic N) is 2. The summed E-state index contributed by atoms with van der Waals surface area (Å²) >= 11 is 2.95. The van der Waals surface area contributed by atoms with Gasteiger partial charge in [-0.3, -0.25) is 4.79 Å². The molecule has 0 saturated carbocycles. The largest absolute Gasteiger partial charge is 0.368 e. The summed E-state index contributed by atoms with van der Waals surface area (Å²) in [6.07, 6.45) is 0.863. The van der Waals surface area contributed by atoms with E-state index in [9.17, 15) is 4.79 Å². The first kappa shape index (κ1) is 12.9. The van der Waals surface area contributed by atoms with E-state index < -0.39 is 0 Å². The molecular weight excluding hydrogens is 270 g/mol. The van der Waals surface area contributed by atoms with Crippen LogP contribution in [0.5, 0.6) is 0 Å². The molecule has 0 aromatic carbocycles. The van der Waals surface area contributed by atoms with Crippen molar-refractivity contribution in [2.75, 3.05) is 18.0 Å². The molecule has 2 aromatic rings. The summed E-state index contributed by atoms with van der Waals surface area (Å²) in [7, 11) is 0. The van der Waals surface area contributed by atoms with E-state index >= 15 is 0 Å². The van der Waals surface area contributed by atoms with Gasteiger partial charge in [-0.1, -0.05) is 17.8 Å². The molecule has 0 spiro atoms. The van der Waals surface area contributed by atoms with Crippen LogP contribution in [0.2, 0.25) is 0 Å². The van der Waals surface area contributed by atoms with Crippen molar-refractivity contribution in [2.45, 2.75) is 11.6 Å². The Bertz CT molecular complexity index is 496. The molecule has 4 N–H and O–H groups in total. The van der Waals surface area contributed by atoms with Crippen molar-refractivity contribution in [3.63, 3.8) is 0 Å². The number of hydrogen-bond acceptors (Lipinski definition) is 6. The molecule has 0 unspecified atom stereocenters. The molecule has 6 nitrogen and oxygen atoms in total. The Hall–Kier alpha value is -1.54. The molecule has 8 heteroatoms. The topological polar surface area (TPSA) is 96.7 Å². The molecular formula is C10H13N5OS2. The molecule has 0 saturated heterocycles. The Morgan fingerprint density at radius 2 is 2.50 bits per heavy atom. The first-order valence-corrected chi connectivity index (χ1v) is 7.20. The fourth-order valence-corrected chi connectivity index (χ4v) is 2.63. The van der Waals surface area contributed by atoms with Gasteiger partial charge in [0.1, 0.15) is 0 Å². The van der Waals surface area contributed by atoms with Crippen molar-refractivity contribution >= 4 is 35.0 Å². The Labute approximate surface area is 112 Å². The van der Waals surface area contributed by atoms with Crippen LogP contribution in [0.4, 0.5) is 5.95 Å². The van der Waals surface area contributed by atoms with Gasteiger partial charge < -0.3 is 11.1 Å². The van der Waals surface area contributed by atoms with Gasteiger partial charge in [-0.05, 0) is 17.9 Å². The number of nitrogen functional groups attached to an aromatic ring is 1. The Kier molecular flexibility index (Phi) is 4.59. The van der Waals surface area contributed by atoms with Crippen molar-refractivity contribution in [3.8, 4) is 0 Å².